The van der Waals surface area contributed by atoms with Gasteiger partial charge in [0.1, 0.15) is 5.82 Å². The molecule has 0 bridgehead atoms. The summed E-state index contributed by atoms with van der Waals surface area (Å²) in [6.07, 6.45) is -0.0102. The summed E-state index contributed by atoms with van der Waals surface area (Å²) in [7, 11) is -3.65. The number of rotatable bonds is 5. The largest absolute Gasteiger partial charge is 0.481 e. The average molecular weight is 360 g/mol. The molecule has 1 heterocycles. The molecule has 0 aromatic heterocycles. The lowest BCUT2D eigenvalue weighted by atomic mass is 10.1. The molecule has 1 amide bonds. The second-order valence-corrected chi connectivity index (χ2v) is 7.15. The van der Waals surface area contributed by atoms with Crippen LogP contribution in [-0.4, -0.2) is 62.4 Å². The Morgan fingerprint density at radius 1 is 1.46 bits per heavy atom. The summed E-state index contributed by atoms with van der Waals surface area (Å²) >= 11 is 0. The van der Waals surface area contributed by atoms with Gasteiger partial charge in [-0.05, 0) is 18.2 Å². The normalized spacial score (nSPS) is 18.2. The number of halogens is 1. The molecular weight excluding hydrogens is 343 g/mol. The van der Waals surface area contributed by atoms with E-state index in [1.165, 1.54) is 11.0 Å². The van der Waals surface area contributed by atoms with E-state index in [1.54, 1.807) is 0 Å². The number of anilines is 1. The fourth-order valence-corrected chi connectivity index (χ4v) is 2.95. The van der Waals surface area contributed by atoms with Crippen molar-refractivity contribution < 1.29 is 32.2 Å². The van der Waals surface area contributed by atoms with Crippen molar-refractivity contribution in [1.29, 1.82) is 0 Å². The lowest BCUT2D eigenvalue weighted by molar-refractivity contribution is -0.141. The second-order valence-electron chi connectivity index (χ2n) is 5.41. The third-order valence-electron chi connectivity index (χ3n) is 3.34. The van der Waals surface area contributed by atoms with Crippen LogP contribution in [-0.2, 0) is 19.6 Å². The van der Waals surface area contributed by atoms with E-state index >= 15 is 0 Å². The molecule has 1 fully saturated rings. The summed E-state index contributed by atoms with van der Waals surface area (Å²) in [5.74, 6) is -2.34. The quantitative estimate of drug-likeness (QED) is 0.791. The van der Waals surface area contributed by atoms with Crippen molar-refractivity contribution >= 4 is 27.6 Å². The maximum absolute atomic E-state index is 13.5. The van der Waals surface area contributed by atoms with Crippen molar-refractivity contribution in [2.75, 3.05) is 30.7 Å². The maximum atomic E-state index is 13.5. The first-order valence-electron chi connectivity index (χ1n) is 7.06. The third-order valence-corrected chi connectivity index (χ3v) is 3.93. The molecule has 0 aliphatic carbocycles. The van der Waals surface area contributed by atoms with E-state index in [-0.39, 0.29) is 37.4 Å². The van der Waals surface area contributed by atoms with Crippen LogP contribution < -0.4 is 4.72 Å². The fourth-order valence-electron chi connectivity index (χ4n) is 2.37. The number of nitrogens with zero attached hydrogens (tertiary/aromatic N) is 1. The summed E-state index contributed by atoms with van der Waals surface area (Å²) < 4.78 is 43.7. The van der Waals surface area contributed by atoms with E-state index in [1.807, 2.05) is 0 Å². The molecule has 1 aromatic rings. The number of hydrogen-bond donors (Lipinski definition) is 2. The Morgan fingerprint density at radius 3 is 2.79 bits per heavy atom. The van der Waals surface area contributed by atoms with Crippen LogP contribution >= 0.6 is 0 Å². The smallest absolute Gasteiger partial charge is 0.306 e. The number of aliphatic carboxylic acids is 1. The molecule has 10 heteroatoms. The number of carbonyl (C=O) groups is 2. The van der Waals surface area contributed by atoms with Gasteiger partial charge < -0.3 is 14.7 Å². The summed E-state index contributed by atoms with van der Waals surface area (Å²) in [5.41, 5.74) is -0.179. The first-order valence-corrected chi connectivity index (χ1v) is 8.95. The fraction of sp³-hybridized carbons (Fsp3) is 0.429. The van der Waals surface area contributed by atoms with Crippen LogP contribution in [0.4, 0.5) is 10.1 Å². The second kappa shape index (κ2) is 7.14. The molecule has 132 valence electrons. The predicted molar refractivity (Wildman–Crippen MR) is 82.8 cm³/mol. The highest BCUT2D eigenvalue weighted by Crippen LogP contribution is 2.22. The number of amides is 1. The predicted octanol–water partition coefficient (Wildman–Crippen LogP) is 0.513. The third kappa shape index (κ3) is 4.90. The zero-order valence-electron chi connectivity index (χ0n) is 12.9. The molecule has 1 atom stereocenters. The van der Waals surface area contributed by atoms with Crippen LogP contribution in [0.15, 0.2) is 18.2 Å². The lowest BCUT2D eigenvalue weighted by Crippen LogP contribution is -2.46. The van der Waals surface area contributed by atoms with Gasteiger partial charge in [-0.3, -0.25) is 14.3 Å². The Labute approximate surface area is 138 Å². The first-order chi connectivity index (χ1) is 11.2. The summed E-state index contributed by atoms with van der Waals surface area (Å²) in [5, 5.41) is 8.81. The van der Waals surface area contributed by atoms with Crippen LogP contribution in [0.2, 0.25) is 0 Å². The van der Waals surface area contributed by atoms with E-state index < -0.39 is 33.8 Å². The van der Waals surface area contributed by atoms with Crippen LogP contribution in [0, 0.1) is 5.82 Å². The van der Waals surface area contributed by atoms with Crippen molar-refractivity contribution in [2.24, 2.45) is 0 Å². The van der Waals surface area contributed by atoms with Gasteiger partial charge in [-0.25, -0.2) is 12.8 Å². The van der Waals surface area contributed by atoms with Crippen molar-refractivity contribution in [1.82, 2.24) is 4.90 Å². The van der Waals surface area contributed by atoms with Gasteiger partial charge >= 0.3 is 5.97 Å². The van der Waals surface area contributed by atoms with Gasteiger partial charge in [0.2, 0.25) is 10.0 Å². The van der Waals surface area contributed by atoms with Crippen molar-refractivity contribution in [3.05, 3.63) is 29.6 Å². The Hall–Kier alpha value is -2.20. The minimum absolute atomic E-state index is 0.0277. The maximum Gasteiger partial charge on any atom is 0.306 e. The molecular formula is C14H17FN2O6S. The topological polar surface area (TPSA) is 113 Å². The Balaban J connectivity index is 2.25. The van der Waals surface area contributed by atoms with Crippen LogP contribution in [0.1, 0.15) is 16.8 Å². The van der Waals surface area contributed by atoms with Crippen molar-refractivity contribution in [2.45, 2.75) is 12.5 Å². The first kappa shape index (κ1) is 18.1. The molecule has 0 saturated carbocycles. The number of morpholine rings is 1. The summed E-state index contributed by atoms with van der Waals surface area (Å²) in [6, 6.07) is 3.15. The monoisotopic (exact) mass is 360 g/mol. The van der Waals surface area contributed by atoms with Crippen LogP contribution in [0.3, 0.4) is 0 Å². The van der Waals surface area contributed by atoms with Crippen LogP contribution in [0.25, 0.3) is 0 Å². The van der Waals surface area contributed by atoms with Gasteiger partial charge in [-0.15, -0.1) is 0 Å². The highest BCUT2D eigenvalue weighted by molar-refractivity contribution is 7.92. The number of nitrogens with one attached hydrogen (secondary N) is 1. The molecule has 1 saturated heterocycles. The van der Waals surface area contributed by atoms with Gasteiger partial charge in [-0.2, -0.15) is 0 Å². The van der Waals surface area contributed by atoms with Gasteiger partial charge in [-0.1, -0.05) is 0 Å². The van der Waals surface area contributed by atoms with Gasteiger partial charge in [0.25, 0.3) is 5.91 Å². The molecule has 1 aliphatic heterocycles. The van der Waals surface area contributed by atoms with Crippen LogP contribution in [0.5, 0.6) is 0 Å². The van der Waals surface area contributed by atoms with Gasteiger partial charge in [0.05, 0.1) is 36.6 Å². The van der Waals surface area contributed by atoms with E-state index in [9.17, 15) is 22.4 Å². The minimum Gasteiger partial charge on any atom is -0.481 e. The molecule has 24 heavy (non-hydrogen) atoms. The number of benzene rings is 1. The highest BCUT2D eigenvalue weighted by atomic mass is 32.2. The molecule has 8 nitrogen and oxygen atoms in total. The zero-order valence-corrected chi connectivity index (χ0v) is 13.7. The van der Waals surface area contributed by atoms with E-state index in [4.69, 9.17) is 9.84 Å². The minimum atomic E-state index is -3.65. The van der Waals surface area contributed by atoms with E-state index in [0.717, 1.165) is 18.4 Å². The zero-order chi connectivity index (χ0) is 17.9. The molecule has 0 radical (unpaired) electrons. The molecule has 2 N–H and O–H groups in total. The number of ether oxygens (including phenoxy) is 1. The number of hydrogen-bond acceptors (Lipinski definition) is 5. The molecule has 1 aromatic carbocycles. The van der Waals surface area contributed by atoms with E-state index in [0.29, 0.717) is 0 Å². The van der Waals surface area contributed by atoms with Crippen molar-refractivity contribution in [3.8, 4) is 0 Å². The summed E-state index contributed by atoms with van der Waals surface area (Å²) in [6.45, 7) is 0.373. The Bertz CT molecular complexity index is 752. The molecule has 1 aliphatic rings. The van der Waals surface area contributed by atoms with Gasteiger partial charge in [0.15, 0.2) is 0 Å². The van der Waals surface area contributed by atoms with Gasteiger partial charge in [0, 0.05) is 13.1 Å². The number of carbonyl (C=O) groups excluding carboxylic acids is 1. The summed E-state index contributed by atoms with van der Waals surface area (Å²) in [4.78, 5) is 24.7. The standard InChI is InChI=1S/C14H17FN2O6S/c1-24(21,22)16-12-3-2-9(15)6-11(12)14(20)17-4-5-23-10(8-17)7-13(18)19/h2-3,6,10,16H,4-5,7-8H2,1H3,(H,18,19). The molecule has 0 spiro atoms. The highest BCUT2D eigenvalue weighted by Gasteiger charge is 2.28. The Kier molecular flexibility index (Phi) is 5.40. The molecule has 1 unspecified atom stereocenters. The van der Waals surface area contributed by atoms with E-state index in [2.05, 4.69) is 4.72 Å². The van der Waals surface area contributed by atoms with Crippen molar-refractivity contribution in [3.63, 3.8) is 0 Å². The average Bonchev–Trinajstić information content (AvgIpc) is 2.46. The SMILES string of the molecule is CS(=O)(=O)Nc1ccc(F)cc1C(=O)N1CCOC(CC(=O)O)C1. The number of carboxylic acid groups (broad SMARTS) is 1. The number of sulfonamides is 1. The lowest BCUT2D eigenvalue weighted by Gasteiger charge is -2.32. The Morgan fingerprint density at radius 2 is 2.17 bits per heavy atom. The molecule has 2 rings (SSSR count). The number of carboxylic acids is 1.